The number of fused-ring (bicyclic) bond motifs is 1. The summed E-state index contributed by atoms with van der Waals surface area (Å²) >= 11 is 6.46. The van der Waals surface area contributed by atoms with E-state index in [2.05, 4.69) is 31.4 Å². The maximum absolute atomic E-state index is 11.9. The lowest BCUT2D eigenvalue weighted by molar-refractivity contribution is 0.101. The largest absolute Gasteiger partial charge is 0.331 e. The van der Waals surface area contributed by atoms with Crippen molar-refractivity contribution in [1.82, 2.24) is 4.57 Å². The number of para-hydroxylation sites is 1. The summed E-state index contributed by atoms with van der Waals surface area (Å²) < 4.78 is 2.09. The van der Waals surface area contributed by atoms with Crippen LogP contribution in [-0.4, -0.2) is 10.4 Å². The zero-order chi connectivity index (χ0) is 14.2. The Morgan fingerprint density at radius 2 is 2.05 bits per heavy atom. The standard InChI is InChI=1S/C16H20ClNO/c1-5-12-7-6-8-13-14(11(4)19)16(17)18(15(12)13)9-10(2)3/h6-8,10H,5,9H2,1-4H3. The number of carbonyl (C=O) groups excluding carboxylic acids is 1. The minimum Gasteiger partial charge on any atom is -0.331 e. The van der Waals surface area contributed by atoms with Gasteiger partial charge in [0.1, 0.15) is 5.15 Å². The van der Waals surface area contributed by atoms with Gasteiger partial charge in [-0.25, -0.2) is 0 Å². The first kappa shape index (κ1) is 14.1. The van der Waals surface area contributed by atoms with Crippen LogP contribution in [0.4, 0.5) is 0 Å². The quantitative estimate of drug-likeness (QED) is 0.742. The fourth-order valence-electron chi connectivity index (χ4n) is 2.61. The molecule has 2 rings (SSSR count). The van der Waals surface area contributed by atoms with Gasteiger partial charge in [-0.1, -0.05) is 50.6 Å². The van der Waals surface area contributed by atoms with Gasteiger partial charge < -0.3 is 4.57 Å². The molecule has 1 heterocycles. The molecular formula is C16H20ClNO. The third-order valence-electron chi connectivity index (χ3n) is 3.38. The number of aryl methyl sites for hydroxylation is 1. The summed E-state index contributed by atoms with van der Waals surface area (Å²) in [6.07, 6.45) is 0.938. The molecule has 0 N–H and O–H groups in total. The molecule has 2 aromatic rings. The van der Waals surface area contributed by atoms with E-state index in [0.717, 1.165) is 23.9 Å². The van der Waals surface area contributed by atoms with Crippen LogP contribution in [0.5, 0.6) is 0 Å². The number of rotatable bonds is 4. The molecule has 0 aliphatic heterocycles. The molecule has 1 aromatic carbocycles. The molecule has 3 heteroatoms. The van der Waals surface area contributed by atoms with E-state index in [1.54, 1.807) is 6.92 Å². The maximum Gasteiger partial charge on any atom is 0.163 e. The lowest BCUT2D eigenvalue weighted by atomic mass is 10.1. The average Bonchev–Trinajstić information content (AvgIpc) is 2.61. The Labute approximate surface area is 119 Å². The first-order chi connectivity index (χ1) is 8.97. The van der Waals surface area contributed by atoms with Crippen LogP contribution in [0.15, 0.2) is 18.2 Å². The molecule has 0 spiro atoms. The summed E-state index contributed by atoms with van der Waals surface area (Å²) in [5.74, 6) is 0.517. The summed E-state index contributed by atoms with van der Waals surface area (Å²) in [6.45, 7) is 8.86. The van der Waals surface area contributed by atoms with Gasteiger partial charge in [-0.05, 0) is 24.8 Å². The molecule has 0 fully saturated rings. The first-order valence-electron chi connectivity index (χ1n) is 6.77. The van der Waals surface area contributed by atoms with E-state index in [-0.39, 0.29) is 5.78 Å². The Bertz CT molecular complexity index is 625. The van der Waals surface area contributed by atoms with Crippen LogP contribution < -0.4 is 0 Å². The molecule has 0 aliphatic carbocycles. The van der Waals surface area contributed by atoms with Crippen molar-refractivity contribution in [2.45, 2.75) is 40.7 Å². The third kappa shape index (κ3) is 2.42. The number of benzene rings is 1. The summed E-state index contributed by atoms with van der Waals surface area (Å²) in [5.41, 5.74) is 3.02. The Hall–Kier alpha value is -1.28. The van der Waals surface area contributed by atoms with Crippen molar-refractivity contribution in [2.24, 2.45) is 5.92 Å². The highest BCUT2D eigenvalue weighted by atomic mass is 35.5. The van der Waals surface area contributed by atoms with Crippen molar-refractivity contribution in [2.75, 3.05) is 0 Å². The van der Waals surface area contributed by atoms with Crippen LogP contribution in [0.25, 0.3) is 10.9 Å². The second kappa shape index (κ2) is 5.38. The molecule has 2 nitrogen and oxygen atoms in total. The van der Waals surface area contributed by atoms with E-state index >= 15 is 0 Å². The van der Waals surface area contributed by atoms with Crippen LogP contribution in [0, 0.1) is 5.92 Å². The van der Waals surface area contributed by atoms with E-state index in [9.17, 15) is 4.79 Å². The molecule has 0 saturated carbocycles. The third-order valence-corrected chi connectivity index (χ3v) is 3.78. The Kier molecular flexibility index (Phi) is 4.00. The highest BCUT2D eigenvalue weighted by Crippen LogP contribution is 2.33. The minimum atomic E-state index is 0.0331. The molecule has 0 amide bonds. The monoisotopic (exact) mass is 277 g/mol. The van der Waals surface area contributed by atoms with E-state index in [4.69, 9.17) is 11.6 Å². The van der Waals surface area contributed by atoms with Crippen LogP contribution in [0.2, 0.25) is 5.15 Å². The van der Waals surface area contributed by atoms with Gasteiger partial charge in [0.25, 0.3) is 0 Å². The molecule has 0 saturated heterocycles. The lowest BCUT2D eigenvalue weighted by Gasteiger charge is -2.12. The highest BCUT2D eigenvalue weighted by Gasteiger charge is 2.20. The SMILES string of the molecule is CCc1cccc2c(C(C)=O)c(Cl)n(CC(C)C)c12. The molecule has 0 radical (unpaired) electrons. The summed E-state index contributed by atoms with van der Waals surface area (Å²) in [6, 6.07) is 6.11. The van der Waals surface area contributed by atoms with E-state index in [1.807, 2.05) is 12.1 Å². The van der Waals surface area contributed by atoms with Gasteiger partial charge in [-0.2, -0.15) is 0 Å². The summed E-state index contributed by atoms with van der Waals surface area (Å²) in [4.78, 5) is 11.9. The number of halogens is 1. The van der Waals surface area contributed by atoms with Gasteiger partial charge in [0.2, 0.25) is 0 Å². The summed E-state index contributed by atoms with van der Waals surface area (Å²) in [5, 5.41) is 1.56. The van der Waals surface area contributed by atoms with E-state index in [1.165, 1.54) is 5.56 Å². The predicted molar refractivity (Wildman–Crippen MR) is 81.2 cm³/mol. The van der Waals surface area contributed by atoms with Gasteiger partial charge >= 0.3 is 0 Å². The Morgan fingerprint density at radius 3 is 2.58 bits per heavy atom. The number of ketones is 1. The normalized spacial score (nSPS) is 11.5. The van der Waals surface area contributed by atoms with Crippen LogP contribution in [0.3, 0.4) is 0 Å². The topological polar surface area (TPSA) is 22.0 Å². The second-order valence-corrected chi connectivity index (χ2v) is 5.75. The first-order valence-corrected chi connectivity index (χ1v) is 7.15. The zero-order valence-corrected chi connectivity index (χ0v) is 12.7. The molecular weight excluding hydrogens is 258 g/mol. The van der Waals surface area contributed by atoms with Crippen molar-refractivity contribution in [3.05, 3.63) is 34.5 Å². The van der Waals surface area contributed by atoms with Crippen molar-refractivity contribution in [3.8, 4) is 0 Å². The number of Topliss-reactive ketones (excluding diaryl/α,β-unsaturated/α-hetero) is 1. The van der Waals surface area contributed by atoms with E-state index < -0.39 is 0 Å². The van der Waals surface area contributed by atoms with Crippen molar-refractivity contribution in [1.29, 1.82) is 0 Å². The average molecular weight is 278 g/mol. The number of hydrogen-bond acceptors (Lipinski definition) is 1. The van der Waals surface area contributed by atoms with Crippen molar-refractivity contribution < 1.29 is 4.79 Å². The molecule has 0 unspecified atom stereocenters. The predicted octanol–water partition coefficient (Wildman–Crippen LogP) is 4.72. The van der Waals surface area contributed by atoms with Gasteiger partial charge in [0, 0.05) is 11.9 Å². The number of aromatic nitrogens is 1. The van der Waals surface area contributed by atoms with Crippen LogP contribution >= 0.6 is 11.6 Å². The highest BCUT2D eigenvalue weighted by molar-refractivity contribution is 6.35. The maximum atomic E-state index is 11.9. The van der Waals surface area contributed by atoms with Crippen molar-refractivity contribution in [3.63, 3.8) is 0 Å². The molecule has 19 heavy (non-hydrogen) atoms. The van der Waals surface area contributed by atoms with E-state index in [0.29, 0.717) is 16.6 Å². The van der Waals surface area contributed by atoms with Gasteiger partial charge in [-0.15, -0.1) is 0 Å². The zero-order valence-electron chi connectivity index (χ0n) is 12.0. The van der Waals surface area contributed by atoms with Gasteiger partial charge in [0.05, 0.1) is 11.1 Å². The number of carbonyl (C=O) groups is 1. The molecule has 102 valence electrons. The number of nitrogens with zero attached hydrogens (tertiary/aromatic N) is 1. The Balaban J connectivity index is 2.84. The number of hydrogen-bond donors (Lipinski definition) is 0. The molecule has 0 atom stereocenters. The fraction of sp³-hybridized carbons (Fsp3) is 0.438. The smallest absolute Gasteiger partial charge is 0.163 e. The minimum absolute atomic E-state index is 0.0331. The van der Waals surface area contributed by atoms with Crippen molar-refractivity contribution >= 4 is 28.3 Å². The van der Waals surface area contributed by atoms with Crippen LogP contribution in [0.1, 0.15) is 43.6 Å². The molecule has 0 aliphatic rings. The Morgan fingerprint density at radius 1 is 1.37 bits per heavy atom. The second-order valence-electron chi connectivity index (χ2n) is 5.39. The molecule has 0 bridgehead atoms. The van der Waals surface area contributed by atoms with Gasteiger partial charge in [0.15, 0.2) is 5.78 Å². The molecule has 1 aromatic heterocycles. The fourth-order valence-corrected chi connectivity index (χ4v) is 3.00. The van der Waals surface area contributed by atoms with Crippen LogP contribution in [-0.2, 0) is 13.0 Å². The lowest BCUT2D eigenvalue weighted by Crippen LogP contribution is -2.06. The summed E-state index contributed by atoms with van der Waals surface area (Å²) in [7, 11) is 0. The van der Waals surface area contributed by atoms with Gasteiger partial charge in [-0.3, -0.25) is 4.79 Å².